The molecule has 5 heteroatoms. The second kappa shape index (κ2) is 3.02. The summed E-state index contributed by atoms with van der Waals surface area (Å²) in [6.07, 6.45) is 1.64. The molecule has 0 amide bonds. The number of rotatable bonds is 1. The third kappa shape index (κ3) is 1.39. The highest BCUT2D eigenvalue weighted by molar-refractivity contribution is 5.94. The molecule has 0 fully saturated rings. The van der Waals surface area contributed by atoms with Crippen LogP contribution in [0.2, 0.25) is 0 Å². The number of hydrogen-bond acceptors (Lipinski definition) is 4. The van der Waals surface area contributed by atoms with E-state index in [0.29, 0.717) is 11.3 Å². The monoisotopic (exact) mass is 187 g/mol. The minimum atomic E-state index is -0.0609. The molecule has 0 spiro atoms. The SMILES string of the molecule is Cc1cnc2nc(C(=N)N)ccc2n1. The predicted molar refractivity (Wildman–Crippen MR) is 53.1 cm³/mol. The van der Waals surface area contributed by atoms with Crippen molar-refractivity contribution in [1.82, 2.24) is 15.0 Å². The number of fused-ring (bicyclic) bond motifs is 1. The normalized spacial score (nSPS) is 10.4. The van der Waals surface area contributed by atoms with Crippen molar-refractivity contribution in [2.24, 2.45) is 5.73 Å². The first kappa shape index (κ1) is 8.55. The molecule has 0 bridgehead atoms. The van der Waals surface area contributed by atoms with Crippen LogP contribution in [-0.4, -0.2) is 20.8 Å². The zero-order valence-electron chi connectivity index (χ0n) is 7.65. The zero-order chi connectivity index (χ0) is 10.1. The van der Waals surface area contributed by atoms with E-state index in [4.69, 9.17) is 11.1 Å². The van der Waals surface area contributed by atoms with Gasteiger partial charge in [0, 0.05) is 0 Å². The Bertz CT molecular complexity index is 506. The van der Waals surface area contributed by atoms with Crippen LogP contribution in [0.1, 0.15) is 11.4 Å². The van der Waals surface area contributed by atoms with Crippen LogP contribution in [0.3, 0.4) is 0 Å². The number of aromatic nitrogens is 3. The van der Waals surface area contributed by atoms with Gasteiger partial charge in [-0.3, -0.25) is 5.41 Å². The standard InChI is InChI=1S/C9H9N5/c1-5-4-12-9-7(13-5)3-2-6(14-9)8(10)11/h2-4H,1H3,(H3,10,11). The van der Waals surface area contributed by atoms with E-state index in [2.05, 4.69) is 15.0 Å². The van der Waals surface area contributed by atoms with Crippen LogP contribution in [0.25, 0.3) is 11.2 Å². The van der Waals surface area contributed by atoms with Gasteiger partial charge in [-0.15, -0.1) is 0 Å². The van der Waals surface area contributed by atoms with Crippen molar-refractivity contribution >= 4 is 17.0 Å². The van der Waals surface area contributed by atoms with Crippen LogP contribution in [0, 0.1) is 12.3 Å². The average molecular weight is 187 g/mol. The van der Waals surface area contributed by atoms with Crippen molar-refractivity contribution in [1.29, 1.82) is 5.41 Å². The van der Waals surface area contributed by atoms with Crippen molar-refractivity contribution in [2.45, 2.75) is 6.92 Å². The highest BCUT2D eigenvalue weighted by Crippen LogP contribution is 2.07. The Labute approximate surface area is 80.5 Å². The summed E-state index contributed by atoms with van der Waals surface area (Å²) in [6, 6.07) is 3.43. The van der Waals surface area contributed by atoms with Gasteiger partial charge in [-0.05, 0) is 19.1 Å². The Balaban J connectivity index is 2.67. The lowest BCUT2D eigenvalue weighted by Crippen LogP contribution is -2.13. The number of amidine groups is 1. The summed E-state index contributed by atoms with van der Waals surface area (Å²) in [5.41, 5.74) is 7.81. The second-order valence-corrected chi connectivity index (χ2v) is 2.96. The van der Waals surface area contributed by atoms with E-state index in [1.807, 2.05) is 6.92 Å². The molecule has 0 radical (unpaired) electrons. The number of pyridine rings is 1. The third-order valence-electron chi connectivity index (χ3n) is 1.80. The molecular formula is C9H9N5. The molecule has 5 nitrogen and oxygen atoms in total. The first-order valence-electron chi connectivity index (χ1n) is 4.11. The molecule has 0 aliphatic heterocycles. The molecule has 0 atom stereocenters. The zero-order valence-corrected chi connectivity index (χ0v) is 7.65. The van der Waals surface area contributed by atoms with Gasteiger partial charge in [0.1, 0.15) is 17.0 Å². The van der Waals surface area contributed by atoms with Crippen LogP contribution >= 0.6 is 0 Å². The number of nitrogens with one attached hydrogen (secondary N) is 1. The summed E-state index contributed by atoms with van der Waals surface area (Å²) in [5, 5.41) is 7.22. The highest BCUT2D eigenvalue weighted by Gasteiger charge is 2.02. The largest absolute Gasteiger partial charge is 0.382 e. The lowest BCUT2D eigenvalue weighted by Gasteiger charge is -1.99. The molecule has 0 saturated heterocycles. The number of nitrogens with zero attached hydrogens (tertiary/aromatic N) is 3. The van der Waals surface area contributed by atoms with Crippen molar-refractivity contribution in [3.05, 3.63) is 29.7 Å². The molecule has 2 rings (SSSR count). The highest BCUT2D eigenvalue weighted by atomic mass is 14.9. The van der Waals surface area contributed by atoms with Crippen molar-refractivity contribution in [3.63, 3.8) is 0 Å². The maximum absolute atomic E-state index is 7.22. The molecule has 3 N–H and O–H groups in total. The topological polar surface area (TPSA) is 88.5 Å². The third-order valence-corrected chi connectivity index (χ3v) is 1.80. The van der Waals surface area contributed by atoms with Gasteiger partial charge in [-0.1, -0.05) is 0 Å². The first-order valence-corrected chi connectivity index (χ1v) is 4.11. The number of nitrogen functional groups attached to an aromatic ring is 1. The predicted octanol–water partition coefficient (Wildman–Crippen LogP) is 0.617. The van der Waals surface area contributed by atoms with Gasteiger partial charge in [0.15, 0.2) is 5.65 Å². The minimum absolute atomic E-state index is 0.0609. The summed E-state index contributed by atoms with van der Waals surface area (Å²) >= 11 is 0. The minimum Gasteiger partial charge on any atom is -0.382 e. The quantitative estimate of drug-likeness (QED) is 0.506. The Morgan fingerprint density at radius 1 is 1.36 bits per heavy atom. The molecular weight excluding hydrogens is 178 g/mol. The average Bonchev–Trinajstić information content (AvgIpc) is 2.16. The van der Waals surface area contributed by atoms with E-state index in [9.17, 15) is 0 Å². The summed E-state index contributed by atoms with van der Waals surface area (Å²) in [7, 11) is 0. The fraction of sp³-hybridized carbons (Fsp3) is 0.111. The molecule has 0 aliphatic rings. The summed E-state index contributed by atoms with van der Waals surface area (Å²) in [6.45, 7) is 1.87. The maximum Gasteiger partial charge on any atom is 0.178 e. The van der Waals surface area contributed by atoms with Crippen LogP contribution in [0.5, 0.6) is 0 Å². The first-order chi connectivity index (χ1) is 6.66. The fourth-order valence-electron chi connectivity index (χ4n) is 1.15. The van der Waals surface area contributed by atoms with Gasteiger partial charge in [0.25, 0.3) is 0 Å². The maximum atomic E-state index is 7.22. The van der Waals surface area contributed by atoms with Gasteiger partial charge in [0.05, 0.1) is 11.9 Å². The molecule has 14 heavy (non-hydrogen) atoms. The smallest absolute Gasteiger partial charge is 0.178 e. The van der Waals surface area contributed by atoms with E-state index < -0.39 is 0 Å². The van der Waals surface area contributed by atoms with Crippen molar-refractivity contribution < 1.29 is 0 Å². The van der Waals surface area contributed by atoms with Crippen LogP contribution in [0.4, 0.5) is 0 Å². The lowest BCUT2D eigenvalue weighted by atomic mass is 10.3. The van der Waals surface area contributed by atoms with Gasteiger partial charge in [-0.25, -0.2) is 15.0 Å². The van der Waals surface area contributed by atoms with Crippen molar-refractivity contribution in [2.75, 3.05) is 0 Å². The lowest BCUT2D eigenvalue weighted by molar-refractivity contribution is 1.14. The molecule has 0 aromatic carbocycles. The van der Waals surface area contributed by atoms with Crippen LogP contribution in [-0.2, 0) is 0 Å². The molecule has 70 valence electrons. The molecule has 2 aromatic heterocycles. The second-order valence-electron chi connectivity index (χ2n) is 2.96. The molecule has 0 aliphatic carbocycles. The number of nitrogens with two attached hydrogens (primary N) is 1. The van der Waals surface area contributed by atoms with Gasteiger partial charge >= 0.3 is 0 Å². The van der Waals surface area contributed by atoms with Crippen LogP contribution in [0.15, 0.2) is 18.3 Å². The number of hydrogen-bond donors (Lipinski definition) is 2. The Morgan fingerprint density at radius 3 is 2.86 bits per heavy atom. The van der Waals surface area contributed by atoms with E-state index in [0.717, 1.165) is 11.2 Å². The fourth-order valence-corrected chi connectivity index (χ4v) is 1.15. The van der Waals surface area contributed by atoms with E-state index in [-0.39, 0.29) is 5.84 Å². The van der Waals surface area contributed by atoms with Gasteiger partial charge in [-0.2, -0.15) is 0 Å². The van der Waals surface area contributed by atoms with E-state index in [1.54, 1.807) is 18.3 Å². The summed E-state index contributed by atoms with van der Waals surface area (Å²) in [4.78, 5) is 12.4. The van der Waals surface area contributed by atoms with Crippen LogP contribution < -0.4 is 5.73 Å². The van der Waals surface area contributed by atoms with E-state index >= 15 is 0 Å². The van der Waals surface area contributed by atoms with E-state index in [1.165, 1.54) is 0 Å². The summed E-state index contributed by atoms with van der Waals surface area (Å²) in [5.74, 6) is -0.0609. The Hall–Kier alpha value is -2.04. The van der Waals surface area contributed by atoms with Gasteiger partial charge in [0.2, 0.25) is 0 Å². The van der Waals surface area contributed by atoms with Crippen molar-refractivity contribution in [3.8, 4) is 0 Å². The number of aryl methyl sites for hydroxylation is 1. The molecule has 2 aromatic rings. The Kier molecular flexibility index (Phi) is 1.85. The molecule has 2 heterocycles. The Morgan fingerprint density at radius 2 is 2.14 bits per heavy atom. The summed E-state index contributed by atoms with van der Waals surface area (Å²) < 4.78 is 0. The molecule has 0 unspecified atom stereocenters. The van der Waals surface area contributed by atoms with Gasteiger partial charge < -0.3 is 5.73 Å². The molecule has 0 saturated carbocycles.